The Morgan fingerprint density at radius 2 is 1.87 bits per heavy atom. The summed E-state index contributed by atoms with van der Waals surface area (Å²) in [6.07, 6.45) is 2.02. The minimum Gasteiger partial charge on any atom is -0.497 e. The molecular weight excluding hydrogens is 424 g/mol. The third-order valence-electron chi connectivity index (χ3n) is 5.05. The van der Waals surface area contributed by atoms with Crippen molar-refractivity contribution in [3.05, 3.63) is 48.6 Å². The number of sulfonamides is 1. The van der Waals surface area contributed by atoms with Crippen LogP contribution in [0.15, 0.2) is 56.5 Å². The highest BCUT2D eigenvalue weighted by Crippen LogP contribution is 2.21. The second-order valence-electron chi connectivity index (χ2n) is 6.95. The summed E-state index contributed by atoms with van der Waals surface area (Å²) in [6.45, 7) is 1.14. The second kappa shape index (κ2) is 8.90. The third-order valence-corrected chi connectivity index (χ3v) is 6.96. The lowest BCUT2D eigenvalue weighted by atomic mass is 10.2. The van der Waals surface area contributed by atoms with Crippen LogP contribution >= 0.6 is 0 Å². The van der Waals surface area contributed by atoms with E-state index in [0.29, 0.717) is 42.7 Å². The molecule has 2 aromatic heterocycles. The Morgan fingerprint density at radius 1 is 1.13 bits per heavy atom. The topological polar surface area (TPSA) is 119 Å². The van der Waals surface area contributed by atoms with Gasteiger partial charge in [0, 0.05) is 39.0 Å². The average Bonchev–Trinajstić information content (AvgIpc) is 3.49. The fourth-order valence-electron chi connectivity index (χ4n) is 3.31. The van der Waals surface area contributed by atoms with Gasteiger partial charge >= 0.3 is 0 Å². The van der Waals surface area contributed by atoms with Gasteiger partial charge in [0.2, 0.25) is 27.6 Å². The summed E-state index contributed by atoms with van der Waals surface area (Å²) in [4.78, 5) is 18.6. The minimum atomic E-state index is -3.61. The molecule has 0 aliphatic carbocycles. The SMILES string of the molecule is COc1ccc(S(=O)(=O)N2CCN(C(=O)CCc3nc(-c4ccco4)no3)CC2)cc1. The Balaban J connectivity index is 1.29. The highest BCUT2D eigenvalue weighted by atomic mass is 32.2. The van der Waals surface area contributed by atoms with Gasteiger partial charge in [-0.2, -0.15) is 9.29 Å². The molecule has 4 rings (SSSR count). The smallest absolute Gasteiger partial charge is 0.243 e. The number of amides is 1. The zero-order valence-corrected chi connectivity index (χ0v) is 17.7. The standard InChI is InChI=1S/C20H22N4O6S/c1-28-15-4-6-16(7-5-15)31(26,27)24-12-10-23(11-13-24)19(25)9-8-18-21-20(22-30-18)17-3-2-14-29-17/h2-7,14H,8-13H2,1H3. The van der Waals surface area contributed by atoms with Crippen molar-refractivity contribution < 1.29 is 26.9 Å². The predicted molar refractivity (Wildman–Crippen MR) is 109 cm³/mol. The van der Waals surface area contributed by atoms with Crippen LogP contribution in [0.2, 0.25) is 0 Å². The van der Waals surface area contributed by atoms with Crippen LogP contribution in [0.1, 0.15) is 12.3 Å². The number of aromatic nitrogens is 2. The maximum absolute atomic E-state index is 12.8. The van der Waals surface area contributed by atoms with E-state index in [1.165, 1.54) is 29.8 Å². The Morgan fingerprint density at radius 3 is 2.52 bits per heavy atom. The molecule has 1 aromatic carbocycles. The molecule has 0 atom stereocenters. The van der Waals surface area contributed by atoms with E-state index in [0.717, 1.165) is 0 Å². The first-order valence-corrected chi connectivity index (χ1v) is 11.2. The minimum absolute atomic E-state index is 0.0840. The number of hydrogen-bond donors (Lipinski definition) is 0. The van der Waals surface area contributed by atoms with Crippen LogP contribution in [-0.4, -0.2) is 67.0 Å². The molecule has 3 aromatic rings. The van der Waals surface area contributed by atoms with Crippen molar-refractivity contribution in [3.63, 3.8) is 0 Å². The first-order chi connectivity index (χ1) is 15.0. The predicted octanol–water partition coefficient (Wildman–Crippen LogP) is 1.80. The number of carbonyl (C=O) groups excluding carboxylic acids is 1. The summed E-state index contributed by atoms with van der Waals surface area (Å²) in [7, 11) is -2.09. The van der Waals surface area contributed by atoms with Gasteiger partial charge in [0.05, 0.1) is 18.3 Å². The molecule has 1 aliphatic rings. The molecular formula is C20H22N4O6S. The molecule has 0 spiro atoms. The van der Waals surface area contributed by atoms with Crippen LogP contribution in [0, 0.1) is 0 Å². The Hall–Kier alpha value is -3.18. The zero-order chi connectivity index (χ0) is 21.8. The van der Waals surface area contributed by atoms with Crippen molar-refractivity contribution in [2.75, 3.05) is 33.3 Å². The normalized spacial score (nSPS) is 15.2. The molecule has 0 bridgehead atoms. The number of nitrogens with zero attached hydrogens (tertiary/aromatic N) is 4. The van der Waals surface area contributed by atoms with Gasteiger partial charge in [0.25, 0.3) is 0 Å². The molecule has 1 aliphatic heterocycles. The molecule has 1 saturated heterocycles. The van der Waals surface area contributed by atoms with Crippen LogP contribution in [0.4, 0.5) is 0 Å². The van der Waals surface area contributed by atoms with Crippen LogP contribution in [-0.2, 0) is 21.2 Å². The van der Waals surface area contributed by atoms with Crippen LogP contribution in [0.25, 0.3) is 11.6 Å². The van der Waals surface area contributed by atoms with Crippen molar-refractivity contribution in [2.45, 2.75) is 17.7 Å². The number of rotatable bonds is 7. The first kappa shape index (κ1) is 21.1. The van der Waals surface area contributed by atoms with E-state index < -0.39 is 10.0 Å². The Bertz CT molecular complexity index is 1120. The second-order valence-corrected chi connectivity index (χ2v) is 8.89. The summed E-state index contributed by atoms with van der Waals surface area (Å²) >= 11 is 0. The van der Waals surface area contributed by atoms with Crippen molar-refractivity contribution in [2.24, 2.45) is 0 Å². The zero-order valence-electron chi connectivity index (χ0n) is 16.9. The van der Waals surface area contributed by atoms with Gasteiger partial charge < -0.3 is 18.6 Å². The largest absolute Gasteiger partial charge is 0.497 e. The third kappa shape index (κ3) is 4.62. The van der Waals surface area contributed by atoms with Gasteiger partial charge in [-0.3, -0.25) is 4.79 Å². The summed E-state index contributed by atoms with van der Waals surface area (Å²) in [5, 5.41) is 3.84. The molecule has 1 amide bonds. The fourth-order valence-corrected chi connectivity index (χ4v) is 4.73. The van der Waals surface area contributed by atoms with E-state index in [1.807, 2.05) is 0 Å². The molecule has 0 radical (unpaired) electrons. The Labute approximate surface area is 179 Å². The summed E-state index contributed by atoms with van der Waals surface area (Å²) in [5.74, 6) is 1.69. The summed E-state index contributed by atoms with van der Waals surface area (Å²) < 4.78 is 42.5. The lowest BCUT2D eigenvalue weighted by molar-refractivity contribution is -0.132. The van der Waals surface area contributed by atoms with Crippen molar-refractivity contribution in [1.82, 2.24) is 19.3 Å². The summed E-state index contributed by atoms with van der Waals surface area (Å²) in [5.41, 5.74) is 0. The van der Waals surface area contributed by atoms with E-state index in [1.54, 1.807) is 29.2 Å². The monoisotopic (exact) mass is 446 g/mol. The number of aryl methyl sites for hydroxylation is 1. The van der Waals surface area contributed by atoms with Gasteiger partial charge in [0.1, 0.15) is 5.75 Å². The number of carbonyl (C=O) groups is 1. The molecule has 11 heteroatoms. The van der Waals surface area contributed by atoms with Gasteiger partial charge in [-0.1, -0.05) is 5.16 Å². The highest BCUT2D eigenvalue weighted by molar-refractivity contribution is 7.89. The lowest BCUT2D eigenvalue weighted by Gasteiger charge is -2.34. The van der Waals surface area contributed by atoms with Crippen LogP contribution in [0.5, 0.6) is 5.75 Å². The number of hydrogen-bond acceptors (Lipinski definition) is 8. The summed E-state index contributed by atoms with van der Waals surface area (Å²) in [6, 6.07) is 9.71. The molecule has 0 N–H and O–H groups in total. The van der Waals surface area contributed by atoms with Crippen LogP contribution in [0.3, 0.4) is 0 Å². The van der Waals surface area contributed by atoms with Gasteiger partial charge in [0.15, 0.2) is 5.76 Å². The fraction of sp³-hybridized carbons (Fsp3) is 0.350. The van der Waals surface area contributed by atoms with E-state index in [-0.39, 0.29) is 30.3 Å². The number of furan rings is 1. The number of benzene rings is 1. The maximum Gasteiger partial charge on any atom is 0.243 e. The van der Waals surface area contributed by atoms with Gasteiger partial charge in [-0.25, -0.2) is 8.42 Å². The number of piperazine rings is 1. The Kier molecular flexibility index (Phi) is 6.05. The lowest BCUT2D eigenvalue weighted by Crippen LogP contribution is -2.50. The molecule has 0 saturated carbocycles. The highest BCUT2D eigenvalue weighted by Gasteiger charge is 2.30. The quantitative estimate of drug-likeness (QED) is 0.539. The maximum atomic E-state index is 12.8. The average molecular weight is 446 g/mol. The molecule has 10 nitrogen and oxygen atoms in total. The van der Waals surface area contributed by atoms with Crippen molar-refractivity contribution in [3.8, 4) is 17.3 Å². The first-order valence-electron chi connectivity index (χ1n) is 9.76. The van der Waals surface area contributed by atoms with Crippen LogP contribution < -0.4 is 4.74 Å². The molecule has 164 valence electrons. The molecule has 31 heavy (non-hydrogen) atoms. The molecule has 3 heterocycles. The number of methoxy groups -OCH3 is 1. The van der Waals surface area contributed by atoms with E-state index in [4.69, 9.17) is 13.7 Å². The molecule has 0 unspecified atom stereocenters. The van der Waals surface area contributed by atoms with Gasteiger partial charge in [-0.05, 0) is 36.4 Å². The van der Waals surface area contributed by atoms with Gasteiger partial charge in [-0.15, -0.1) is 0 Å². The molecule has 1 fully saturated rings. The van der Waals surface area contributed by atoms with E-state index in [9.17, 15) is 13.2 Å². The van der Waals surface area contributed by atoms with Crippen molar-refractivity contribution >= 4 is 15.9 Å². The van der Waals surface area contributed by atoms with Crippen molar-refractivity contribution in [1.29, 1.82) is 0 Å². The number of ether oxygens (including phenoxy) is 1. The van der Waals surface area contributed by atoms with E-state index >= 15 is 0 Å². The van der Waals surface area contributed by atoms with E-state index in [2.05, 4.69) is 10.1 Å².